The average Bonchev–Trinajstić information content (AvgIpc) is 2.61. The van der Waals surface area contributed by atoms with Gasteiger partial charge in [0.15, 0.2) is 5.78 Å². The van der Waals surface area contributed by atoms with Gasteiger partial charge in [-0.2, -0.15) is 0 Å². The lowest BCUT2D eigenvalue weighted by Crippen LogP contribution is -2.04. The molecule has 0 atom stereocenters. The molecule has 0 N–H and O–H groups in total. The summed E-state index contributed by atoms with van der Waals surface area (Å²) in [6, 6.07) is 17.6. The number of ketones is 1. The van der Waals surface area contributed by atoms with Crippen LogP contribution in [0.2, 0.25) is 0 Å². The zero-order chi connectivity index (χ0) is 16.3. The molecular weight excluding hydrogens is 284 g/mol. The molecule has 0 unspecified atom stereocenters. The second-order valence-corrected chi connectivity index (χ2v) is 5.86. The summed E-state index contributed by atoms with van der Waals surface area (Å²) in [7, 11) is 0. The van der Waals surface area contributed by atoms with E-state index in [4.69, 9.17) is 4.74 Å². The Morgan fingerprint density at radius 3 is 2.35 bits per heavy atom. The topological polar surface area (TPSA) is 26.3 Å². The molecule has 2 aromatic carbocycles. The lowest BCUT2D eigenvalue weighted by molar-refractivity contribution is 0.0974. The predicted molar refractivity (Wildman–Crippen MR) is 94.9 cm³/mol. The normalized spacial score (nSPS) is 10.5. The molecule has 2 aromatic rings. The van der Waals surface area contributed by atoms with Crippen molar-refractivity contribution in [3.63, 3.8) is 0 Å². The smallest absolute Gasteiger partial charge is 0.166 e. The molecule has 2 nitrogen and oxygen atoms in total. The van der Waals surface area contributed by atoms with Crippen molar-refractivity contribution in [2.75, 3.05) is 0 Å². The van der Waals surface area contributed by atoms with Gasteiger partial charge in [-0.3, -0.25) is 4.79 Å². The Labute approximate surface area is 139 Å². The fourth-order valence-electron chi connectivity index (χ4n) is 2.58. The largest absolute Gasteiger partial charge is 0.488 e. The zero-order valence-electron chi connectivity index (χ0n) is 14.0. The zero-order valence-corrected chi connectivity index (χ0v) is 14.0. The molecule has 2 heteroatoms. The number of carbonyl (C=O) groups excluding carboxylic acids is 1. The van der Waals surface area contributed by atoms with Gasteiger partial charge < -0.3 is 4.74 Å². The van der Waals surface area contributed by atoms with Crippen LogP contribution in [0.25, 0.3) is 0 Å². The third-order valence-corrected chi connectivity index (χ3v) is 3.93. The third-order valence-electron chi connectivity index (χ3n) is 3.93. The second kappa shape index (κ2) is 9.83. The number of rotatable bonds is 10. The quantitative estimate of drug-likeness (QED) is 0.409. The fraction of sp³-hybridized carbons (Fsp3) is 0.381. The lowest BCUT2D eigenvalue weighted by Gasteiger charge is -2.11. The maximum atomic E-state index is 12.4. The van der Waals surface area contributed by atoms with Gasteiger partial charge in [-0.25, -0.2) is 0 Å². The molecule has 0 aliphatic rings. The van der Waals surface area contributed by atoms with Gasteiger partial charge in [-0.15, -0.1) is 0 Å². The molecule has 0 amide bonds. The Kier molecular flexibility index (Phi) is 7.38. The van der Waals surface area contributed by atoms with Gasteiger partial charge in [0.05, 0.1) is 5.56 Å². The Balaban J connectivity index is 1.90. The molecule has 0 radical (unpaired) electrons. The highest BCUT2D eigenvalue weighted by Gasteiger charge is 2.11. The van der Waals surface area contributed by atoms with E-state index >= 15 is 0 Å². The maximum Gasteiger partial charge on any atom is 0.166 e. The van der Waals surface area contributed by atoms with Crippen molar-refractivity contribution in [3.8, 4) is 5.75 Å². The van der Waals surface area contributed by atoms with E-state index < -0.39 is 0 Å². The Morgan fingerprint density at radius 2 is 1.57 bits per heavy atom. The Hall–Kier alpha value is -2.09. The van der Waals surface area contributed by atoms with Crippen molar-refractivity contribution in [2.45, 2.75) is 52.1 Å². The van der Waals surface area contributed by atoms with Crippen LogP contribution >= 0.6 is 0 Å². The molecule has 122 valence electrons. The standard InChI is InChI=1S/C21H26O2/c1-2-3-4-5-9-15-20(22)19-14-10-11-16-21(19)23-17-18-12-7-6-8-13-18/h6-8,10-14,16H,2-5,9,15,17H2,1H3. The number of carbonyl (C=O) groups is 1. The monoisotopic (exact) mass is 310 g/mol. The first kappa shape index (κ1) is 17.3. The van der Waals surface area contributed by atoms with E-state index in [9.17, 15) is 4.79 Å². The number of ether oxygens (including phenoxy) is 1. The van der Waals surface area contributed by atoms with Gasteiger partial charge in [0.2, 0.25) is 0 Å². The molecule has 0 saturated heterocycles. The number of Topliss-reactive ketones (excluding diaryl/α,β-unsaturated/α-hetero) is 1. The van der Waals surface area contributed by atoms with E-state index in [1.807, 2.05) is 54.6 Å². The molecule has 0 aliphatic carbocycles. The molecule has 23 heavy (non-hydrogen) atoms. The van der Waals surface area contributed by atoms with Crippen LogP contribution in [0.4, 0.5) is 0 Å². The van der Waals surface area contributed by atoms with E-state index in [2.05, 4.69) is 6.92 Å². The summed E-state index contributed by atoms with van der Waals surface area (Å²) in [6.07, 6.45) is 6.40. The van der Waals surface area contributed by atoms with Gasteiger partial charge in [-0.05, 0) is 24.1 Å². The summed E-state index contributed by atoms with van der Waals surface area (Å²) in [4.78, 5) is 12.4. The summed E-state index contributed by atoms with van der Waals surface area (Å²) in [5.41, 5.74) is 1.81. The molecule has 0 spiro atoms. The van der Waals surface area contributed by atoms with Crippen molar-refractivity contribution < 1.29 is 9.53 Å². The highest BCUT2D eigenvalue weighted by molar-refractivity contribution is 5.98. The summed E-state index contributed by atoms with van der Waals surface area (Å²) in [5, 5.41) is 0. The number of para-hydroxylation sites is 1. The van der Waals surface area contributed by atoms with Crippen LogP contribution < -0.4 is 4.74 Å². The van der Waals surface area contributed by atoms with Crippen LogP contribution in [0, 0.1) is 0 Å². The van der Waals surface area contributed by atoms with E-state index in [-0.39, 0.29) is 5.78 Å². The molecule has 0 fully saturated rings. The van der Waals surface area contributed by atoms with E-state index in [1.165, 1.54) is 19.3 Å². The van der Waals surface area contributed by atoms with E-state index in [0.717, 1.165) is 18.4 Å². The molecule has 0 heterocycles. The second-order valence-electron chi connectivity index (χ2n) is 5.86. The van der Waals surface area contributed by atoms with E-state index in [1.54, 1.807) is 0 Å². The first-order chi connectivity index (χ1) is 11.3. The minimum absolute atomic E-state index is 0.185. The van der Waals surface area contributed by atoms with Gasteiger partial charge in [0.25, 0.3) is 0 Å². The minimum Gasteiger partial charge on any atom is -0.488 e. The van der Waals surface area contributed by atoms with Gasteiger partial charge >= 0.3 is 0 Å². The molecule has 0 bridgehead atoms. The minimum atomic E-state index is 0.185. The first-order valence-corrected chi connectivity index (χ1v) is 8.60. The molecule has 0 aliphatic heterocycles. The predicted octanol–water partition coefficient (Wildman–Crippen LogP) is 5.81. The number of benzene rings is 2. The van der Waals surface area contributed by atoms with Crippen LogP contribution in [-0.4, -0.2) is 5.78 Å². The fourth-order valence-corrected chi connectivity index (χ4v) is 2.58. The van der Waals surface area contributed by atoms with Crippen molar-refractivity contribution in [1.29, 1.82) is 0 Å². The van der Waals surface area contributed by atoms with Crippen molar-refractivity contribution in [3.05, 3.63) is 65.7 Å². The summed E-state index contributed by atoms with van der Waals surface area (Å²) >= 11 is 0. The molecule has 2 rings (SSSR count). The summed E-state index contributed by atoms with van der Waals surface area (Å²) in [6.45, 7) is 2.69. The van der Waals surface area contributed by atoms with Gasteiger partial charge in [-0.1, -0.05) is 75.1 Å². The van der Waals surface area contributed by atoms with Crippen molar-refractivity contribution in [1.82, 2.24) is 0 Å². The Bertz CT molecular complexity index is 590. The number of unbranched alkanes of at least 4 members (excludes halogenated alkanes) is 4. The van der Waals surface area contributed by atoms with Crippen LogP contribution in [0.3, 0.4) is 0 Å². The highest BCUT2D eigenvalue weighted by atomic mass is 16.5. The van der Waals surface area contributed by atoms with Crippen LogP contribution in [0.1, 0.15) is 61.4 Å². The third kappa shape index (κ3) is 5.90. The van der Waals surface area contributed by atoms with Crippen LogP contribution in [0.15, 0.2) is 54.6 Å². The van der Waals surface area contributed by atoms with Crippen molar-refractivity contribution >= 4 is 5.78 Å². The van der Waals surface area contributed by atoms with Crippen molar-refractivity contribution in [2.24, 2.45) is 0 Å². The Morgan fingerprint density at radius 1 is 0.870 bits per heavy atom. The van der Waals surface area contributed by atoms with Crippen LogP contribution in [-0.2, 0) is 6.61 Å². The van der Waals surface area contributed by atoms with Crippen LogP contribution in [0.5, 0.6) is 5.75 Å². The van der Waals surface area contributed by atoms with Gasteiger partial charge in [0, 0.05) is 6.42 Å². The summed E-state index contributed by atoms with van der Waals surface area (Å²) in [5.74, 6) is 0.875. The van der Waals surface area contributed by atoms with E-state index in [0.29, 0.717) is 24.3 Å². The number of hydrogen-bond donors (Lipinski definition) is 0. The molecule has 0 aromatic heterocycles. The average molecular weight is 310 g/mol. The lowest BCUT2D eigenvalue weighted by atomic mass is 10.0. The maximum absolute atomic E-state index is 12.4. The number of hydrogen-bond acceptors (Lipinski definition) is 2. The first-order valence-electron chi connectivity index (χ1n) is 8.60. The van der Waals surface area contributed by atoms with Gasteiger partial charge in [0.1, 0.15) is 12.4 Å². The molecular formula is C21H26O2. The SMILES string of the molecule is CCCCCCCC(=O)c1ccccc1OCc1ccccc1. The summed E-state index contributed by atoms with van der Waals surface area (Å²) < 4.78 is 5.87. The highest BCUT2D eigenvalue weighted by Crippen LogP contribution is 2.22. The molecule has 0 saturated carbocycles.